The van der Waals surface area contributed by atoms with E-state index in [9.17, 15) is 9.59 Å². The number of amides is 2. The van der Waals surface area contributed by atoms with Crippen molar-refractivity contribution in [1.29, 1.82) is 0 Å². The predicted molar refractivity (Wildman–Crippen MR) is 94.6 cm³/mol. The fourth-order valence-corrected chi connectivity index (χ4v) is 2.91. The van der Waals surface area contributed by atoms with Crippen molar-refractivity contribution < 1.29 is 14.3 Å². The van der Waals surface area contributed by atoms with Gasteiger partial charge in [0.1, 0.15) is 0 Å². The van der Waals surface area contributed by atoms with Crippen molar-refractivity contribution in [3.8, 4) is 5.75 Å². The molecule has 0 unspecified atom stereocenters. The molecule has 0 aliphatic carbocycles. The van der Waals surface area contributed by atoms with Crippen molar-refractivity contribution in [2.75, 3.05) is 11.4 Å². The van der Waals surface area contributed by atoms with Gasteiger partial charge in [0.05, 0.1) is 0 Å². The lowest BCUT2D eigenvalue weighted by molar-refractivity contribution is -0.148. The first-order valence-electron chi connectivity index (χ1n) is 7.95. The first-order chi connectivity index (χ1) is 12.0. The lowest BCUT2D eigenvalue weighted by Crippen LogP contribution is -2.62. The number of nitrogens with zero attached hydrogens (tertiary/aromatic N) is 2. The number of carbonyl (C=O) groups excluding carboxylic acids is 2. The molecule has 2 heterocycles. The molecule has 130 valence electrons. The van der Waals surface area contributed by atoms with Crippen molar-refractivity contribution in [3.63, 3.8) is 0 Å². The van der Waals surface area contributed by atoms with E-state index in [4.69, 9.17) is 16.3 Å². The summed E-state index contributed by atoms with van der Waals surface area (Å²) in [6, 6.07) is 10.6. The Morgan fingerprint density at radius 3 is 2.80 bits per heavy atom. The standard InChI is InChI=1S/C18H18ClN3O3/c1-3-22-15-14(9-6-10-20-15)25-18(2,17(22)24)16(23)21-11-12-7-4-5-8-13(12)19/h4-10H,3,11H2,1-2H3,(H,21,23)/t18-/m0/s1. The highest BCUT2D eigenvalue weighted by atomic mass is 35.5. The third kappa shape index (κ3) is 3.05. The number of halogens is 1. The highest BCUT2D eigenvalue weighted by molar-refractivity contribution is 6.31. The van der Waals surface area contributed by atoms with E-state index >= 15 is 0 Å². The van der Waals surface area contributed by atoms with Gasteiger partial charge in [0.15, 0.2) is 11.6 Å². The summed E-state index contributed by atoms with van der Waals surface area (Å²) in [6.45, 7) is 3.88. The molecule has 0 bridgehead atoms. The second-order valence-electron chi connectivity index (χ2n) is 5.78. The minimum Gasteiger partial charge on any atom is -0.464 e. The zero-order chi connectivity index (χ0) is 18.0. The van der Waals surface area contributed by atoms with E-state index in [2.05, 4.69) is 10.3 Å². The van der Waals surface area contributed by atoms with E-state index in [0.29, 0.717) is 23.1 Å². The van der Waals surface area contributed by atoms with Crippen molar-refractivity contribution in [3.05, 3.63) is 53.2 Å². The summed E-state index contributed by atoms with van der Waals surface area (Å²) in [5, 5.41) is 3.29. The summed E-state index contributed by atoms with van der Waals surface area (Å²) < 4.78 is 5.75. The number of anilines is 1. The van der Waals surface area contributed by atoms with Crippen LogP contribution in [0.1, 0.15) is 19.4 Å². The van der Waals surface area contributed by atoms with Crippen molar-refractivity contribution >= 4 is 29.2 Å². The largest absolute Gasteiger partial charge is 0.464 e. The number of likely N-dealkylation sites (N-methyl/N-ethyl adjacent to an activating group) is 1. The maximum atomic E-state index is 12.8. The van der Waals surface area contributed by atoms with Crippen LogP contribution in [0.25, 0.3) is 0 Å². The number of aromatic nitrogens is 1. The molecule has 1 aliphatic heterocycles. The van der Waals surface area contributed by atoms with E-state index in [1.54, 1.807) is 24.4 Å². The van der Waals surface area contributed by atoms with E-state index in [0.717, 1.165) is 5.56 Å². The first kappa shape index (κ1) is 17.2. The number of benzene rings is 1. The Morgan fingerprint density at radius 2 is 2.08 bits per heavy atom. The fourth-order valence-electron chi connectivity index (χ4n) is 2.70. The second kappa shape index (κ2) is 6.72. The molecule has 3 rings (SSSR count). The number of carbonyl (C=O) groups is 2. The Bertz CT molecular complexity index is 827. The highest BCUT2D eigenvalue weighted by Gasteiger charge is 2.50. The Morgan fingerprint density at radius 1 is 1.32 bits per heavy atom. The fraction of sp³-hybridized carbons (Fsp3) is 0.278. The molecule has 0 spiro atoms. The van der Waals surface area contributed by atoms with Crippen molar-refractivity contribution in [2.24, 2.45) is 0 Å². The number of hydrogen-bond acceptors (Lipinski definition) is 4. The van der Waals surface area contributed by atoms with Crippen LogP contribution < -0.4 is 15.0 Å². The van der Waals surface area contributed by atoms with E-state index in [-0.39, 0.29) is 6.54 Å². The second-order valence-corrected chi connectivity index (χ2v) is 6.19. The average Bonchev–Trinajstić information content (AvgIpc) is 2.62. The molecule has 0 saturated heterocycles. The van der Waals surface area contributed by atoms with Crippen LogP contribution in [0.4, 0.5) is 5.82 Å². The Balaban J connectivity index is 1.84. The zero-order valence-corrected chi connectivity index (χ0v) is 14.7. The number of pyridine rings is 1. The van der Waals surface area contributed by atoms with E-state index in [1.807, 2.05) is 25.1 Å². The average molecular weight is 360 g/mol. The molecular formula is C18H18ClN3O3. The molecule has 7 heteroatoms. The molecule has 1 atom stereocenters. The summed E-state index contributed by atoms with van der Waals surface area (Å²) in [7, 11) is 0. The van der Waals surface area contributed by atoms with Crippen LogP contribution in [0.2, 0.25) is 5.02 Å². The SMILES string of the molecule is CCN1C(=O)[C@](C)(C(=O)NCc2ccccc2Cl)Oc2cccnc21. The zero-order valence-electron chi connectivity index (χ0n) is 14.0. The number of nitrogens with one attached hydrogen (secondary N) is 1. The quantitative estimate of drug-likeness (QED) is 0.852. The van der Waals surface area contributed by atoms with Crippen LogP contribution in [-0.4, -0.2) is 28.9 Å². The Kier molecular flexibility index (Phi) is 4.63. The number of rotatable bonds is 4. The van der Waals surface area contributed by atoms with Gasteiger partial charge in [-0.1, -0.05) is 29.8 Å². The van der Waals surface area contributed by atoms with Crippen LogP contribution >= 0.6 is 11.6 Å². The van der Waals surface area contributed by atoms with E-state index in [1.165, 1.54) is 11.8 Å². The summed E-state index contributed by atoms with van der Waals surface area (Å²) in [6.07, 6.45) is 1.58. The summed E-state index contributed by atoms with van der Waals surface area (Å²) in [4.78, 5) is 31.2. The number of fused-ring (bicyclic) bond motifs is 1. The predicted octanol–water partition coefficient (Wildman–Crippen LogP) is 2.56. The maximum absolute atomic E-state index is 12.8. The Labute approximate surface area is 150 Å². The smallest absolute Gasteiger partial charge is 0.282 e. The maximum Gasteiger partial charge on any atom is 0.282 e. The monoisotopic (exact) mass is 359 g/mol. The number of ether oxygens (including phenoxy) is 1. The molecule has 6 nitrogen and oxygen atoms in total. The lowest BCUT2D eigenvalue weighted by atomic mass is 10.0. The third-order valence-corrected chi connectivity index (χ3v) is 4.49. The van der Waals surface area contributed by atoms with Crippen molar-refractivity contribution in [1.82, 2.24) is 10.3 Å². The molecule has 1 N–H and O–H groups in total. The van der Waals surface area contributed by atoms with Crippen molar-refractivity contribution in [2.45, 2.75) is 26.0 Å². The third-order valence-electron chi connectivity index (χ3n) is 4.12. The van der Waals surface area contributed by atoms with Crippen LogP contribution in [0.3, 0.4) is 0 Å². The Hall–Kier alpha value is -2.60. The highest BCUT2D eigenvalue weighted by Crippen LogP contribution is 2.35. The number of hydrogen-bond donors (Lipinski definition) is 1. The lowest BCUT2D eigenvalue weighted by Gasteiger charge is -2.38. The summed E-state index contributed by atoms with van der Waals surface area (Å²) >= 11 is 6.10. The topological polar surface area (TPSA) is 71.5 Å². The van der Waals surface area contributed by atoms with E-state index < -0.39 is 17.4 Å². The normalized spacial score (nSPS) is 19.2. The van der Waals surface area contributed by atoms with Gasteiger partial charge in [0.2, 0.25) is 0 Å². The van der Waals surface area contributed by atoms with Crippen LogP contribution in [0.5, 0.6) is 5.75 Å². The molecular weight excluding hydrogens is 342 g/mol. The molecule has 2 aromatic rings. The first-order valence-corrected chi connectivity index (χ1v) is 8.33. The molecule has 0 saturated carbocycles. The molecule has 1 aliphatic rings. The molecule has 0 radical (unpaired) electrons. The van der Waals surface area contributed by atoms with Gasteiger partial charge in [0.25, 0.3) is 17.4 Å². The molecule has 1 aromatic carbocycles. The van der Waals surface area contributed by atoms with Gasteiger partial charge in [-0.15, -0.1) is 0 Å². The van der Waals surface area contributed by atoms with Gasteiger partial charge in [-0.2, -0.15) is 0 Å². The summed E-state index contributed by atoms with van der Waals surface area (Å²) in [5.41, 5.74) is -0.897. The minimum absolute atomic E-state index is 0.205. The molecule has 25 heavy (non-hydrogen) atoms. The summed E-state index contributed by atoms with van der Waals surface area (Å²) in [5.74, 6) is -0.144. The molecule has 1 aromatic heterocycles. The van der Waals surface area contributed by atoms with Gasteiger partial charge < -0.3 is 10.1 Å². The van der Waals surface area contributed by atoms with Gasteiger partial charge >= 0.3 is 0 Å². The van der Waals surface area contributed by atoms with Crippen LogP contribution in [-0.2, 0) is 16.1 Å². The van der Waals surface area contributed by atoms with Crippen LogP contribution in [0.15, 0.2) is 42.6 Å². The molecule has 2 amide bonds. The molecule has 0 fully saturated rings. The van der Waals surface area contributed by atoms with Gasteiger partial charge in [0, 0.05) is 24.3 Å². The minimum atomic E-state index is -1.66. The van der Waals surface area contributed by atoms with Gasteiger partial charge in [-0.3, -0.25) is 14.5 Å². The van der Waals surface area contributed by atoms with Gasteiger partial charge in [-0.25, -0.2) is 4.98 Å². The van der Waals surface area contributed by atoms with Gasteiger partial charge in [-0.05, 0) is 37.6 Å². The van der Waals surface area contributed by atoms with Crippen LogP contribution in [0, 0.1) is 0 Å².